The quantitative estimate of drug-likeness (QED) is 0.485. The van der Waals surface area contributed by atoms with Gasteiger partial charge < -0.3 is 9.64 Å². The van der Waals surface area contributed by atoms with E-state index < -0.39 is 5.91 Å². The van der Waals surface area contributed by atoms with Crippen LogP contribution < -0.4 is 5.32 Å². The van der Waals surface area contributed by atoms with E-state index in [4.69, 9.17) is 4.74 Å². The first kappa shape index (κ1) is 20.0. The molecule has 2 bridgehead atoms. The Balaban J connectivity index is 1.07. The molecule has 6 aliphatic rings. The van der Waals surface area contributed by atoms with Gasteiger partial charge >= 0.3 is 0 Å². The highest BCUT2D eigenvalue weighted by molar-refractivity contribution is 7.15. The van der Waals surface area contributed by atoms with Gasteiger partial charge in [0.05, 0.1) is 31.5 Å². The highest BCUT2D eigenvalue weighted by Gasteiger charge is 2.67. The molecule has 2 aliphatic heterocycles. The summed E-state index contributed by atoms with van der Waals surface area (Å²) in [7, 11) is 0. The molecule has 3 heterocycles. The van der Waals surface area contributed by atoms with Crippen LogP contribution in [-0.4, -0.2) is 76.5 Å². The Hall–Kier alpha value is -2.66. The van der Waals surface area contributed by atoms with E-state index >= 15 is 0 Å². The minimum absolute atomic E-state index is 0.0560. The van der Waals surface area contributed by atoms with Crippen LogP contribution >= 0.6 is 11.3 Å². The molecule has 1 aromatic heterocycles. The molecule has 1 N–H and O–H groups in total. The fourth-order valence-electron chi connectivity index (χ4n) is 5.91. The predicted molar refractivity (Wildman–Crippen MR) is 111 cm³/mol. The Labute approximate surface area is 188 Å². The number of morpholine rings is 1. The first-order valence-corrected chi connectivity index (χ1v) is 11.8. The van der Waals surface area contributed by atoms with Crippen molar-refractivity contribution in [3.63, 3.8) is 0 Å². The first-order chi connectivity index (χ1) is 15.5. The average molecular weight is 458 g/mol. The molecule has 2 saturated heterocycles. The van der Waals surface area contributed by atoms with E-state index in [0.717, 1.165) is 22.7 Å². The number of nitrogens with one attached hydrogen (secondary N) is 1. The molecule has 168 valence electrons. The Kier molecular flexibility index (Phi) is 4.65. The maximum Gasteiger partial charge on any atom is 0.246 e. The van der Waals surface area contributed by atoms with Gasteiger partial charge in [-0.25, -0.2) is 0 Å². The molecule has 4 amide bonds. The van der Waals surface area contributed by atoms with E-state index in [2.05, 4.69) is 27.7 Å². The monoisotopic (exact) mass is 457 g/mol. The Bertz CT molecular complexity index is 998. The number of rotatable bonds is 5. The summed E-state index contributed by atoms with van der Waals surface area (Å²) in [5, 5.41) is 11.3. The van der Waals surface area contributed by atoms with E-state index in [1.807, 2.05) is 0 Å². The van der Waals surface area contributed by atoms with Crippen molar-refractivity contribution >= 4 is 40.1 Å². The number of hydrogen-bond donors (Lipinski definition) is 1. The second kappa shape index (κ2) is 7.45. The number of likely N-dealkylation sites (tertiary alicyclic amines) is 1. The van der Waals surface area contributed by atoms with Crippen LogP contribution in [0.5, 0.6) is 0 Å². The van der Waals surface area contributed by atoms with Crippen LogP contribution in [0, 0.1) is 35.5 Å². The molecule has 32 heavy (non-hydrogen) atoms. The molecule has 7 rings (SSSR count). The highest BCUT2D eigenvalue weighted by Crippen LogP contribution is 2.65. The second-order valence-electron chi connectivity index (χ2n) is 9.14. The number of amides is 4. The molecule has 6 atom stereocenters. The van der Waals surface area contributed by atoms with Crippen molar-refractivity contribution in [1.29, 1.82) is 0 Å². The molecule has 10 nitrogen and oxygen atoms in total. The summed E-state index contributed by atoms with van der Waals surface area (Å²) in [4.78, 5) is 53.7. The van der Waals surface area contributed by atoms with Crippen molar-refractivity contribution in [2.24, 2.45) is 35.5 Å². The van der Waals surface area contributed by atoms with Crippen LogP contribution in [0.15, 0.2) is 12.2 Å². The standard InChI is InChI=1S/C21H23N5O5S/c27-14(22-21-24-23-15(32-21)8-16(28)25-3-5-31-6-4-25)9-26-19(29)17-10-1-2-11(13-7-12(10)13)18(17)20(26)30/h1-2,10-13,17-18H,3-9H2,(H,22,24,27)/t10-,11+,12-,13-,17+,18+/m1/s1. The molecular formula is C21H23N5O5S. The van der Waals surface area contributed by atoms with E-state index in [-0.39, 0.29) is 59.5 Å². The Morgan fingerprint density at radius 1 is 1.06 bits per heavy atom. The SMILES string of the molecule is O=C(CN1C(=O)[C@H]2[C@@H]3C=C[C@@H]([C@H]4C[C@H]34)[C@@H]2C1=O)Nc1nnc(CC(=O)N2CCOCC2)s1. The second-order valence-corrected chi connectivity index (χ2v) is 10.2. The maximum atomic E-state index is 13.0. The van der Waals surface area contributed by atoms with Crippen LogP contribution in [0.3, 0.4) is 0 Å². The third-order valence-electron chi connectivity index (χ3n) is 7.44. The van der Waals surface area contributed by atoms with Gasteiger partial charge in [-0.05, 0) is 30.1 Å². The molecule has 0 radical (unpaired) electrons. The number of carbonyl (C=O) groups excluding carboxylic acids is 4. The minimum Gasteiger partial charge on any atom is -0.378 e. The fourth-order valence-corrected chi connectivity index (χ4v) is 6.65. The van der Waals surface area contributed by atoms with Crippen LogP contribution in [-0.2, 0) is 30.3 Å². The van der Waals surface area contributed by atoms with E-state index in [9.17, 15) is 19.2 Å². The Morgan fingerprint density at radius 2 is 1.72 bits per heavy atom. The lowest BCUT2D eigenvalue weighted by molar-refractivity contribution is -0.143. The van der Waals surface area contributed by atoms with Crippen LogP contribution in [0.4, 0.5) is 5.13 Å². The zero-order valence-corrected chi connectivity index (χ0v) is 18.1. The molecule has 2 saturated carbocycles. The summed E-state index contributed by atoms with van der Waals surface area (Å²) >= 11 is 1.12. The highest BCUT2D eigenvalue weighted by atomic mass is 32.1. The number of allylic oxidation sites excluding steroid dienone is 2. The number of ether oxygens (including phenoxy) is 1. The Morgan fingerprint density at radius 3 is 2.38 bits per heavy atom. The van der Waals surface area contributed by atoms with Crippen LogP contribution in [0.1, 0.15) is 11.4 Å². The van der Waals surface area contributed by atoms with Crippen molar-refractivity contribution in [3.8, 4) is 0 Å². The normalized spacial score (nSPS) is 34.5. The lowest BCUT2D eigenvalue weighted by Crippen LogP contribution is -2.41. The topological polar surface area (TPSA) is 122 Å². The molecule has 11 heteroatoms. The summed E-state index contributed by atoms with van der Waals surface area (Å²) in [6.45, 7) is 1.84. The van der Waals surface area contributed by atoms with E-state index in [1.54, 1.807) is 4.90 Å². The van der Waals surface area contributed by atoms with Crippen LogP contribution in [0.25, 0.3) is 0 Å². The maximum absolute atomic E-state index is 13.0. The van der Waals surface area contributed by atoms with Crippen molar-refractivity contribution in [1.82, 2.24) is 20.0 Å². The third kappa shape index (κ3) is 3.17. The van der Waals surface area contributed by atoms with Gasteiger partial charge in [-0.2, -0.15) is 0 Å². The third-order valence-corrected chi connectivity index (χ3v) is 8.27. The summed E-state index contributed by atoms with van der Waals surface area (Å²) in [6.07, 6.45) is 5.42. The van der Waals surface area contributed by atoms with E-state index in [1.165, 1.54) is 0 Å². The zero-order valence-electron chi connectivity index (χ0n) is 17.3. The smallest absolute Gasteiger partial charge is 0.246 e. The molecule has 1 aromatic rings. The predicted octanol–water partition coefficient (Wildman–Crippen LogP) is -0.0690. The lowest BCUT2D eigenvalue weighted by atomic mass is 9.63. The molecule has 0 aromatic carbocycles. The number of hydrogen-bond acceptors (Lipinski definition) is 8. The minimum atomic E-state index is -0.488. The molecule has 0 spiro atoms. The van der Waals surface area contributed by atoms with Gasteiger partial charge in [0.25, 0.3) is 0 Å². The molecular weight excluding hydrogens is 434 g/mol. The molecule has 4 aliphatic carbocycles. The first-order valence-electron chi connectivity index (χ1n) is 11.0. The number of aromatic nitrogens is 2. The van der Waals surface area contributed by atoms with Gasteiger partial charge in [-0.3, -0.25) is 29.4 Å². The number of anilines is 1. The lowest BCUT2D eigenvalue weighted by Gasteiger charge is -2.37. The number of carbonyl (C=O) groups is 4. The molecule has 0 unspecified atom stereocenters. The summed E-state index contributed by atoms with van der Waals surface area (Å²) in [5.74, 6) is -0.306. The largest absolute Gasteiger partial charge is 0.378 e. The van der Waals surface area contributed by atoms with Crippen LogP contribution in [0.2, 0.25) is 0 Å². The molecule has 4 fully saturated rings. The number of nitrogens with zero attached hydrogens (tertiary/aromatic N) is 4. The van der Waals surface area contributed by atoms with E-state index in [0.29, 0.717) is 43.1 Å². The van der Waals surface area contributed by atoms with Gasteiger partial charge in [0.2, 0.25) is 28.8 Å². The van der Waals surface area contributed by atoms with Gasteiger partial charge in [0.15, 0.2) is 0 Å². The zero-order chi connectivity index (χ0) is 22.0. The van der Waals surface area contributed by atoms with Gasteiger partial charge in [-0.1, -0.05) is 23.5 Å². The average Bonchev–Trinajstić information content (AvgIpc) is 3.47. The van der Waals surface area contributed by atoms with Crippen molar-refractivity contribution in [3.05, 3.63) is 17.2 Å². The fraction of sp³-hybridized carbons (Fsp3) is 0.619. The van der Waals surface area contributed by atoms with Crippen molar-refractivity contribution < 1.29 is 23.9 Å². The summed E-state index contributed by atoms with van der Waals surface area (Å²) in [5.41, 5.74) is 0. The van der Waals surface area contributed by atoms with Gasteiger partial charge in [-0.15, -0.1) is 10.2 Å². The van der Waals surface area contributed by atoms with Crippen molar-refractivity contribution in [2.45, 2.75) is 12.8 Å². The number of imide groups is 1. The summed E-state index contributed by atoms with van der Waals surface area (Å²) in [6, 6.07) is 0. The van der Waals surface area contributed by atoms with Crippen molar-refractivity contribution in [2.75, 3.05) is 38.2 Å². The summed E-state index contributed by atoms with van der Waals surface area (Å²) < 4.78 is 5.25. The van der Waals surface area contributed by atoms with Gasteiger partial charge in [0, 0.05) is 13.1 Å². The van der Waals surface area contributed by atoms with Gasteiger partial charge in [0.1, 0.15) is 11.6 Å².